The Morgan fingerprint density at radius 3 is 2.60 bits per heavy atom. The Hall–Kier alpha value is -2.47. The van der Waals surface area contributed by atoms with Gasteiger partial charge in [-0.05, 0) is 42.2 Å². The third kappa shape index (κ3) is 2.75. The van der Waals surface area contributed by atoms with E-state index in [0.717, 1.165) is 16.9 Å². The van der Waals surface area contributed by atoms with Gasteiger partial charge in [-0.25, -0.2) is 0 Å². The molecule has 0 atom stereocenters. The lowest BCUT2D eigenvalue weighted by Crippen LogP contribution is -2.02. The van der Waals surface area contributed by atoms with Crippen LogP contribution < -0.4 is 11.1 Å². The average Bonchev–Trinajstić information content (AvgIpc) is 2.43. The molecule has 0 amide bonds. The molecule has 0 saturated heterocycles. The summed E-state index contributed by atoms with van der Waals surface area (Å²) >= 11 is 0. The standard InChI is InChI=1S/C17H19N3/c1-11(2)14-6-4-5-12(3)17(14)20-16-9-13(10-18)7-8-15(16)19/h4-9,11,20H,19H2,1-3H3. The summed E-state index contributed by atoms with van der Waals surface area (Å²) in [5, 5.41) is 12.4. The van der Waals surface area contributed by atoms with Crippen molar-refractivity contribution in [2.75, 3.05) is 11.1 Å². The largest absolute Gasteiger partial charge is 0.397 e. The highest BCUT2D eigenvalue weighted by Crippen LogP contribution is 2.32. The number of nitrogens with one attached hydrogen (secondary N) is 1. The monoisotopic (exact) mass is 265 g/mol. The molecule has 2 rings (SSSR count). The third-order valence-corrected chi connectivity index (χ3v) is 3.37. The molecule has 0 aliphatic carbocycles. The smallest absolute Gasteiger partial charge is 0.0992 e. The van der Waals surface area contributed by atoms with Crippen LogP contribution in [0.2, 0.25) is 0 Å². The average molecular weight is 265 g/mol. The zero-order chi connectivity index (χ0) is 14.7. The van der Waals surface area contributed by atoms with E-state index in [0.29, 0.717) is 17.2 Å². The molecular formula is C17H19N3. The summed E-state index contributed by atoms with van der Waals surface area (Å²) in [5.74, 6) is 0.415. The summed E-state index contributed by atoms with van der Waals surface area (Å²) < 4.78 is 0. The fraction of sp³-hybridized carbons (Fsp3) is 0.235. The number of nitrogens with zero attached hydrogens (tertiary/aromatic N) is 1. The molecule has 0 aliphatic heterocycles. The second-order valence-electron chi connectivity index (χ2n) is 5.23. The van der Waals surface area contributed by atoms with Crippen LogP contribution in [0.1, 0.15) is 36.5 Å². The number of nitrogens with two attached hydrogens (primary N) is 1. The minimum atomic E-state index is 0.415. The predicted octanol–water partition coefficient (Wildman–Crippen LogP) is 4.32. The summed E-state index contributed by atoms with van der Waals surface area (Å²) in [6.07, 6.45) is 0. The van der Waals surface area contributed by atoms with Crippen LogP contribution >= 0.6 is 0 Å². The normalized spacial score (nSPS) is 10.3. The van der Waals surface area contributed by atoms with E-state index < -0.39 is 0 Å². The predicted molar refractivity (Wildman–Crippen MR) is 84.1 cm³/mol. The second kappa shape index (κ2) is 5.66. The van der Waals surface area contributed by atoms with E-state index in [-0.39, 0.29) is 0 Å². The molecule has 2 aromatic rings. The van der Waals surface area contributed by atoms with Gasteiger partial charge < -0.3 is 11.1 Å². The number of anilines is 3. The lowest BCUT2D eigenvalue weighted by atomic mass is 9.98. The second-order valence-corrected chi connectivity index (χ2v) is 5.23. The molecule has 20 heavy (non-hydrogen) atoms. The van der Waals surface area contributed by atoms with E-state index in [9.17, 15) is 0 Å². The van der Waals surface area contributed by atoms with Gasteiger partial charge in [-0.3, -0.25) is 0 Å². The van der Waals surface area contributed by atoms with Crippen molar-refractivity contribution in [1.82, 2.24) is 0 Å². The number of hydrogen-bond donors (Lipinski definition) is 2. The quantitative estimate of drug-likeness (QED) is 0.812. The maximum absolute atomic E-state index is 9.00. The van der Waals surface area contributed by atoms with Crippen molar-refractivity contribution in [3.8, 4) is 6.07 Å². The van der Waals surface area contributed by atoms with Crippen LogP contribution in [0, 0.1) is 18.3 Å². The SMILES string of the molecule is Cc1cccc(C(C)C)c1Nc1cc(C#N)ccc1N. The first-order valence-electron chi connectivity index (χ1n) is 6.69. The van der Waals surface area contributed by atoms with Gasteiger partial charge in [0.2, 0.25) is 0 Å². The van der Waals surface area contributed by atoms with Gasteiger partial charge in [0.15, 0.2) is 0 Å². The van der Waals surface area contributed by atoms with E-state index in [2.05, 4.69) is 50.4 Å². The van der Waals surface area contributed by atoms with E-state index in [1.807, 2.05) is 0 Å². The number of nitriles is 1. The Bertz CT molecular complexity index is 666. The summed E-state index contributed by atoms with van der Waals surface area (Å²) in [4.78, 5) is 0. The van der Waals surface area contributed by atoms with Crippen LogP contribution in [0.5, 0.6) is 0 Å². The molecule has 0 fully saturated rings. The van der Waals surface area contributed by atoms with Crippen molar-refractivity contribution >= 4 is 17.1 Å². The molecule has 0 saturated carbocycles. The zero-order valence-corrected chi connectivity index (χ0v) is 12.1. The number of nitrogen functional groups attached to an aromatic ring is 1. The molecule has 3 nitrogen and oxygen atoms in total. The van der Waals surface area contributed by atoms with Crippen LogP contribution in [-0.2, 0) is 0 Å². The van der Waals surface area contributed by atoms with Gasteiger partial charge in [-0.15, -0.1) is 0 Å². The summed E-state index contributed by atoms with van der Waals surface area (Å²) in [6, 6.07) is 13.6. The molecule has 2 aromatic carbocycles. The molecule has 0 bridgehead atoms. The molecule has 3 heteroatoms. The minimum Gasteiger partial charge on any atom is -0.397 e. The summed E-state index contributed by atoms with van der Waals surface area (Å²) in [6.45, 7) is 6.39. The van der Waals surface area contributed by atoms with E-state index in [4.69, 9.17) is 11.0 Å². The van der Waals surface area contributed by atoms with Gasteiger partial charge >= 0.3 is 0 Å². The molecular weight excluding hydrogens is 246 g/mol. The summed E-state index contributed by atoms with van der Waals surface area (Å²) in [7, 11) is 0. The number of para-hydroxylation sites is 1. The highest BCUT2D eigenvalue weighted by atomic mass is 14.9. The molecule has 3 N–H and O–H groups in total. The minimum absolute atomic E-state index is 0.415. The molecule has 0 aromatic heterocycles. The van der Waals surface area contributed by atoms with E-state index in [1.54, 1.807) is 18.2 Å². The van der Waals surface area contributed by atoms with Crippen molar-refractivity contribution < 1.29 is 0 Å². The van der Waals surface area contributed by atoms with Crippen molar-refractivity contribution in [2.24, 2.45) is 0 Å². The Morgan fingerprint density at radius 1 is 1.20 bits per heavy atom. The Labute approximate surface area is 120 Å². The molecule has 0 aliphatic rings. The first kappa shape index (κ1) is 14.0. The van der Waals surface area contributed by atoms with Crippen molar-refractivity contribution in [3.63, 3.8) is 0 Å². The maximum atomic E-state index is 9.00. The Morgan fingerprint density at radius 2 is 1.95 bits per heavy atom. The molecule has 0 spiro atoms. The Balaban J connectivity index is 2.48. The van der Waals surface area contributed by atoms with Gasteiger partial charge in [-0.2, -0.15) is 5.26 Å². The number of rotatable bonds is 3. The van der Waals surface area contributed by atoms with Crippen molar-refractivity contribution in [2.45, 2.75) is 26.7 Å². The molecule has 0 unspecified atom stereocenters. The Kier molecular flexibility index (Phi) is 3.95. The molecule has 102 valence electrons. The third-order valence-electron chi connectivity index (χ3n) is 3.37. The fourth-order valence-electron chi connectivity index (χ4n) is 2.21. The van der Waals surface area contributed by atoms with Gasteiger partial charge in [0, 0.05) is 5.69 Å². The highest BCUT2D eigenvalue weighted by Gasteiger charge is 2.10. The zero-order valence-electron chi connectivity index (χ0n) is 12.1. The van der Waals surface area contributed by atoms with Crippen LogP contribution in [-0.4, -0.2) is 0 Å². The first-order chi connectivity index (χ1) is 9.52. The van der Waals surface area contributed by atoms with E-state index >= 15 is 0 Å². The fourth-order valence-corrected chi connectivity index (χ4v) is 2.21. The lowest BCUT2D eigenvalue weighted by molar-refractivity contribution is 0.867. The number of aryl methyl sites for hydroxylation is 1. The molecule has 0 radical (unpaired) electrons. The number of benzene rings is 2. The maximum Gasteiger partial charge on any atom is 0.0992 e. The highest BCUT2D eigenvalue weighted by molar-refractivity contribution is 5.77. The molecule has 0 heterocycles. The van der Waals surface area contributed by atoms with Crippen molar-refractivity contribution in [3.05, 3.63) is 53.1 Å². The van der Waals surface area contributed by atoms with Gasteiger partial charge in [-0.1, -0.05) is 32.0 Å². The summed E-state index contributed by atoms with van der Waals surface area (Å²) in [5.41, 5.74) is 11.5. The van der Waals surface area contributed by atoms with Gasteiger partial charge in [0.05, 0.1) is 23.0 Å². The van der Waals surface area contributed by atoms with Crippen LogP contribution in [0.15, 0.2) is 36.4 Å². The van der Waals surface area contributed by atoms with Crippen LogP contribution in [0.3, 0.4) is 0 Å². The van der Waals surface area contributed by atoms with Crippen molar-refractivity contribution in [1.29, 1.82) is 5.26 Å². The lowest BCUT2D eigenvalue weighted by Gasteiger charge is -2.18. The van der Waals surface area contributed by atoms with Gasteiger partial charge in [0.25, 0.3) is 0 Å². The van der Waals surface area contributed by atoms with Crippen LogP contribution in [0.25, 0.3) is 0 Å². The van der Waals surface area contributed by atoms with E-state index in [1.165, 1.54) is 5.56 Å². The van der Waals surface area contributed by atoms with Crippen LogP contribution in [0.4, 0.5) is 17.1 Å². The van der Waals surface area contributed by atoms with Gasteiger partial charge in [0.1, 0.15) is 0 Å². The number of hydrogen-bond acceptors (Lipinski definition) is 3. The topological polar surface area (TPSA) is 61.8 Å². The first-order valence-corrected chi connectivity index (χ1v) is 6.69.